The Morgan fingerprint density at radius 2 is 2.04 bits per heavy atom. The number of benzene rings is 1. The summed E-state index contributed by atoms with van der Waals surface area (Å²) in [6.45, 7) is 8.14. The van der Waals surface area contributed by atoms with Crippen molar-refractivity contribution in [2.45, 2.75) is 33.7 Å². The molecule has 2 heterocycles. The second-order valence-electron chi connectivity index (χ2n) is 6.28. The number of amides is 1. The van der Waals surface area contributed by atoms with Crippen molar-refractivity contribution in [3.8, 4) is 5.75 Å². The number of hydrogen-bond acceptors (Lipinski definition) is 4. The van der Waals surface area contributed by atoms with E-state index in [1.807, 2.05) is 58.0 Å². The highest BCUT2D eigenvalue weighted by Gasteiger charge is 2.17. The van der Waals surface area contributed by atoms with Crippen molar-refractivity contribution in [3.05, 3.63) is 59.0 Å². The van der Waals surface area contributed by atoms with Crippen LogP contribution in [0.15, 0.2) is 36.5 Å². The molecule has 130 valence electrons. The summed E-state index contributed by atoms with van der Waals surface area (Å²) in [5.74, 6) is 0.626. The molecule has 6 heteroatoms. The van der Waals surface area contributed by atoms with Crippen molar-refractivity contribution >= 4 is 11.6 Å². The van der Waals surface area contributed by atoms with Gasteiger partial charge in [-0.3, -0.25) is 4.79 Å². The van der Waals surface area contributed by atoms with Crippen LogP contribution in [0.3, 0.4) is 0 Å². The number of aromatic nitrogens is 3. The maximum Gasteiger partial charge on any atom is 0.257 e. The minimum absolute atomic E-state index is 0.145. The van der Waals surface area contributed by atoms with E-state index in [1.165, 1.54) is 0 Å². The molecule has 0 fully saturated rings. The molecular weight excluding hydrogens is 316 g/mol. The Balaban J connectivity index is 1.69. The third-order valence-electron chi connectivity index (χ3n) is 3.98. The molecule has 0 spiro atoms. The van der Waals surface area contributed by atoms with Gasteiger partial charge in [-0.05, 0) is 45.4 Å². The standard InChI is InChI=1S/C19H22N4O2/c1-12-7-5-6-8-17(12)25-11-14(3)22-19(24)16-10-20-23-15(4)9-13(2)21-18(16)23/h5-10,14H,11H2,1-4H3,(H,22,24). The molecule has 6 nitrogen and oxygen atoms in total. The highest BCUT2D eigenvalue weighted by atomic mass is 16.5. The van der Waals surface area contributed by atoms with Crippen LogP contribution >= 0.6 is 0 Å². The molecule has 0 bridgehead atoms. The van der Waals surface area contributed by atoms with Gasteiger partial charge in [0.05, 0.1) is 12.2 Å². The van der Waals surface area contributed by atoms with Crippen LogP contribution in [-0.2, 0) is 0 Å². The number of aryl methyl sites for hydroxylation is 3. The number of nitrogens with zero attached hydrogens (tertiary/aromatic N) is 3. The first-order valence-corrected chi connectivity index (χ1v) is 8.27. The first-order valence-electron chi connectivity index (χ1n) is 8.27. The maximum absolute atomic E-state index is 12.6. The first kappa shape index (κ1) is 17.0. The predicted molar refractivity (Wildman–Crippen MR) is 96.1 cm³/mol. The molecule has 1 N–H and O–H groups in total. The molecule has 25 heavy (non-hydrogen) atoms. The molecule has 1 atom stereocenters. The van der Waals surface area contributed by atoms with E-state index in [1.54, 1.807) is 10.7 Å². The number of carbonyl (C=O) groups excluding carboxylic acids is 1. The Bertz CT molecular complexity index is 917. The third kappa shape index (κ3) is 3.63. The third-order valence-corrected chi connectivity index (χ3v) is 3.98. The maximum atomic E-state index is 12.6. The fourth-order valence-corrected chi connectivity index (χ4v) is 2.71. The molecule has 1 amide bonds. The van der Waals surface area contributed by atoms with Crippen LogP contribution in [0.4, 0.5) is 0 Å². The van der Waals surface area contributed by atoms with Crippen molar-refractivity contribution in [2.24, 2.45) is 0 Å². The van der Waals surface area contributed by atoms with E-state index in [0.29, 0.717) is 17.8 Å². The smallest absolute Gasteiger partial charge is 0.257 e. The summed E-state index contributed by atoms with van der Waals surface area (Å²) in [7, 11) is 0. The van der Waals surface area contributed by atoms with Gasteiger partial charge < -0.3 is 10.1 Å². The highest BCUT2D eigenvalue weighted by Crippen LogP contribution is 2.16. The van der Waals surface area contributed by atoms with Crippen LogP contribution in [0, 0.1) is 20.8 Å². The van der Waals surface area contributed by atoms with Crippen LogP contribution in [-0.4, -0.2) is 33.2 Å². The van der Waals surface area contributed by atoms with E-state index >= 15 is 0 Å². The zero-order valence-corrected chi connectivity index (χ0v) is 14.9. The van der Waals surface area contributed by atoms with Crippen molar-refractivity contribution in [1.82, 2.24) is 19.9 Å². The van der Waals surface area contributed by atoms with Crippen LogP contribution < -0.4 is 10.1 Å². The van der Waals surface area contributed by atoms with Gasteiger partial charge in [0.25, 0.3) is 5.91 Å². The van der Waals surface area contributed by atoms with E-state index in [-0.39, 0.29) is 11.9 Å². The Morgan fingerprint density at radius 1 is 1.28 bits per heavy atom. The van der Waals surface area contributed by atoms with Crippen molar-refractivity contribution in [1.29, 1.82) is 0 Å². The number of carbonyl (C=O) groups is 1. The van der Waals surface area contributed by atoms with Crippen LogP contribution in [0.2, 0.25) is 0 Å². The normalized spacial score (nSPS) is 12.2. The number of para-hydroxylation sites is 1. The van der Waals surface area contributed by atoms with Gasteiger partial charge >= 0.3 is 0 Å². The Morgan fingerprint density at radius 3 is 2.80 bits per heavy atom. The number of nitrogens with one attached hydrogen (secondary N) is 1. The molecule has 0 saturated heterocycles. The van der Waals surface area contributed by atoms with Gasteiger partial charge in [0.15, 0.2) is 5.65 Å². The topological polar surface area (TPSA) is 68.5 Å². The molecular formula is C19H22N4O2. The average Bonchev–Trinajstić information content (AvgIpc) is 2.98. The molecule has 0 aliphatic rings. The van der Waals surface area contributed by atoms with E-state index in [4.69, 9.17) is 4.74 Å². The minimum atomic E-state index is -0.201. The molecule has 0 radical (unpaired) electrons. The monoisotopic (exact) mass is 338 g/mol. The Hall–Kier alpha value is -2.89. The highest BCUT2D eigenvalue weighted by molar-refractivity contribution is 5.99. The average molecular weight is 338 g/mol. The van der Waals surface area contributed by atoms with Crippen LogP contribution in [0.1, 0.15) is 34.2 Å². The lowest BCUT2D eigenvalue weighted by atomic mass is 10.2. The Labute approximate surface area is 146 Å². The number of ether oxygens (including phenoxy) is 1. The second kappa shape index (κ2) is 6.93. The van der Waals surface area contributed by atoms with Crippen molar-refractivity contribution < 1.29 is 9.53 Å². The summed E-state index contributed by atoms with van der Waals surface area (Å²) in [6, 6.07) is 9.60. The van der Waals surface area contributed by atoms with Gasteiger partial charge in [0.2, 0.25) is 0 Å². The first-order chi connectivity index (χ1) is 12.0. The molecule has 1 aromatic carbocycles. The fourth-order valence-electron chi connectivity index (χ4n) is 2.71. The van der Waals surface area contributed by atoms with Gasteiger partial charge in [-0.1, -0.05) is 18.2 Å². The lowest BCUT2D eigenvalue weighted by Crippen LogP contribution is -2.36. The van der Waals surface area contributed by atoms with E-state index < -0.39 is 0 Å². The van der Waals surface area contributed by atoms with Crippen LogP contribution in [0.25, 0.3) is 5.65 Å². The molecule has 1 unspecified atom stereocenters. The molecule has 0 aliphatic heterocycles. The lowest BCUT2D eigenvalue weighted by Gasteiger charge is -2.15. The zero-order chi connectivity index (χ0) is 18.0. The summed E-state index contributed by atoms with van der Waals surface area (Å²) in [5, 5.41) is 7.20. The van der Waals surface area contributed by atoms with Crippen molar-refractivity contribution in [3.63, 3.8) is 0 Å². The van der Waals surface area contributed by atoms with Gasteiger partial charge in [0.1, 0.15) is 17.9 Å². The lowest BCUT2D eigenvalue weighted by molar-refractivity contribution is 0.0928. The van der Waals surface area contributed by atoms with Gasteiger partial charge in [-0.15, -0.1) is 0 Å². The minimum Gasteiger partial charge on any atom is -0.491 e. The van der Waals surface area contributed by atoms with Gasteiger partial charge in [0, 0.05) is 11.4 Å². The summed E-state index contributed by atoms with van der Waals surface area (Å²) in [5.41, 5.74) is 3.91. The molecule has 3 rings (SSSR count). The molecule has 3 aromatic rings. The van der Waals surface area contributed by atoms with Gasteiger partial charge in [-0.25, -0.2) is 9.50 Å². The zero-order valence-electron chi connectivity index (χ0n) is 14.9. The number of hydrogen-bond donors (Lipinski definition) is 1. The summed E-state index contributed by atoms with van der Waals surface area (Å²) in [4.78, 5) is 17.0. The fraction of sp³-hybridized carbons (Fsp3) is 0.316. The Kier molecular flexibility index (Phi) is 4.70. The van der Waals surface area contributed by atoms with Crippen molar-refractivity contribution in [2.75, 3.05) is 6.61 Å². The predicted octanol–water partition coefficient (Wildman–Crippen LogP) is 2.85. The summed E-state index contributed by atoms with van der Waals surface area (Å²) < 4.78 is 7.47. The molecule has 0 aliphatic carbocycles. The quantitative estimate of drug-likeness (QED) is 0.777. The van der Waals surface area contributed by atoms with E-state index in [9.17, 15) is 4.79 Å². The van der Waals surface area contributed by atoms with Crippen LogP contribution in [0.5, 0.6) is 5.75 Å². The number of rotatable bonds is 5. The van der Waals surface area contributed by atoms with E-state index in [0.717, 1.165) is 22.7 Å². The summed E-state index contributed by atoms with van der Waals surface area (Å²) in [6.07, 6.45) is 1.55. The summed E-state index contributed by atoms with van der Waals surface area (Å²) >= 11 is 0. The van der Waals surface area contributed by atoms with E-state index in [2.05, 4.69) is 15.4 Å². The second-order valence-corrected chi connectivity index (χ2v) is 6.28. The number of fused-ring (bicyclic) bond motifs is 1. The SMILES string of the molecule is Cc1cc(C)n2ncc(C(=O)NC(C)COc3ccccc3C)c2n1. The van der Waals surface area contributed by atoms with Gasteiger partial charge in [-0.2, -0.15) is 5.10 Å². The molecule has 0 saturated carbocycles. The largest absolute Gasteiger partial charge is 0.491 e. The molecule has 2 aromatic heterocycles.